The van der Waals surface area contributed by atoms with Gasteiger partial charge in [0.05, 0.1) is 7.11 Å². The Bertz CT molecular complexity index is 529. The van der Waals surface area contributed by atoms with Crippen molar-refractivity contribution in [1.82, 2.24) is 0 Å². The molecule has 0 spiro atoms. The fourth-order valence-corrected chi connectivity index (χ4v) is 2.07. The van der Waals surface area contributed by atoms with Gasteiger partial charge >= 0.3 is 0 Å². The number of hydrogen-bond donors (Lipinski definition) is 1. The van der Waals surface area contributed by atoms with Gasteiger partial charge in [-0.3, -0.25) is 0 Å². The van der Waals surface area contributed by atoms with Crippen molar-refractivity contribution in [2.45, 2.75) is 25.9 Å². The van der Waals surface area contributed by atoms with Crippen LogP contribution in [0.1, 0.15) is 42.6 Å². The van der Waals surface area contributed by atoms with Crippen molar-refractivity contribution in [3.8, 4) is 5.75 Å². The maximum atomic E-state index is 10.4. The molecule has 19 heavy (non-hydrogen) atoms. The maximum absolute atomic E-state index is 10.4. The first kappa shape index (κ1) is 13.6. The molecule has 100 valence electrons. The van der Waals surface area contributed by atoms with E-state index < -0.39 is 6.10 Å². The molecule has 2 aromatic carbocycles. The average molecular weight is 256 g/mol. The second-order valence-electron chi connectivity index (χ2n) is 5.00. The number of rotatable bonds is 4. The fourth-order valence-electron chi connectivity index (χ4n) is 2.07. The van der Waals surface area contributed by atoms with Crippen LogP contribution in [0.25, 0.3) is 0 Å². The molecule has 0 fully saturated rings. The summed E-state index contributed by atoms with van der Waals surface area (Å²) in [6.45, 7) is 4.32. The first-order chi connectivity index (χ1) is 9.11. The second-order valence-corrected chi connectivity index (χ2v) is 5.00. The lowest BCUT2D eigenvalue weighted by atomic mass is 9.97. The topological polar surface area (TPSA) is 29.5 Å². The zero-order valence-corrected chi connectivity index (χ0v) is 11.6. The van der Waals surface area contributed by atoms with Crippen LogP contribution in [0.3, 0.4) is 0 Å². The molecule has 0 aromatic heterocycles. The number of hydrogen-bond acceptors (Lipinski definition) is 2. The Morgan fingerprint density at radius 3 is 2.11 bits per heavy atom. The van der Waals surface area contributed by atoms with Gasteiger partial charge in [-0.05, 0) is 34.7 Å². The lowest BCUT2D eigenvalue weighted by Crippen LogP contribution is -2.00. The van der Waals surface area contributed by atoms with Crippen LogP contribution < -0.4 is 4.74 Å². The van der Waals surface area contributed by atoms with Crippen LogP contribution >= 0.6 is 0 Å². The van der Waals surface area contributed by atoms with Gasteiger partial charge in [-0.2, -0.15) is 0 Å². The number of aliphatic hydroxyl groups is 1. The minimum atomic E-state index is -0.615. The monoisotopic (exact) mass is 256 g/mol. The third-order valence-corrected chi connectivity index (χ3v) is 3.33. The number of benzene rings is 2. The summed E-state index contributed by atoms with van der Waals surface area (Å²) in [5.41, 5.74) is 3.02. The largest absolute Gasteiger partial charge is 0.497 e. The highest BCUT2D eigenvalue weighted by molar-refractivity contribution is 5.36. The van der Waals surface area contributed by atoms with Gasteiger partial charge in [0.1, 0.15) is 11.9 Å². The first-order valence-electron chi connectivity index (χ1n) is 6.53. The summed E-state index contributed by atoms with van der Waals surface area (Å²) in [7, 11) is 1.63. The molecule has 0 bridgehead atoms. The molecule has 1 N–H and O–H groups in total. The molecule has 2 heteroatoms. The van der Waals surface area contributed by atoms with Crippen molar-refractivity contribution in [3.63, 3.8) is 0 Å². The molecule has 0 amide bonds. The highest BCUT2D eigenvalue weighted by atomic mass is 16.5. The molecule has 0 aliphatic heterocycles. The Hall–Kier alpha value is -1.80. The van der Waals surface area contributed by atoms with E-state index in [2.05, 4.69) is 26.0 Å². The highest BCUT2D eigenvalue weighted by Crippen LogP contribution is 2.26. The molecule has 1 unspecified atom stereocenters. The van der Waals surface area contributed by atoms with Crippen molar-refractivity contribution >= 4 is 0 Å². The van der Waals surface area contributed by atoms with E-state index in [0.29, 0.717) is 5.92 Å². The van der Waals surface area contributed by atoms with Gasteiger partial charge in [0, 0.05) is 0 Å². The third kappa shape index (κ3) is 3.15. The SMILES string of the molecule is COc1cccc(C(O)c2ccc(C(C)C)cc2)c1. The molecule has 0 saturated carbocycles. The van der Waals surface area contributed by atoms with E-state index >= 15 is 0 Å². The summed E-state index contributed by atoms with van der Waals surface area (Å²) in [6, 6.07) is 15.6. The molecule has 0 heterocycles. The van der Waals surface area contributed by atoms with Gasteiger partial charge in [0.15, 0.2) is 0 Å². The fraction of sp³-hybridized carbons (Fsp3) is 0.294. The summed E-state index contributed by atoms with van der Waals surface area (Å²) in [4.78, 5) is 0. The van der Waals surface area contributed by atoms with Crippen LogP contribution in [0.5, 0.6) is 5.75 Å². The maximum Gasteiger partial charge on any atom is 0.119 e. The smallest absolute Gasteiger partial charge is 0.119 e. The standard InChI is InChI=1S/C17H20O2/c1-12(2)13-7-9-14(10-8-13)17(18)15-5-4-6-16(11-15)19-3/h4-12,17-18H,1-3H3. The third-order valence-electron chi connectivity index (χ3n) is 3.33. The van der Waals surface area contributed by atoms with E-state index in [0.717, 1.165) is 16.9 Å². The van der Waals surface area contributed by atoms with Crippen LogP contribution in [-0.4, -0.2) is 12.2 Å². The molecule has 1 atom stereocenters. The molecular weight excluding hydrogens is 236 g/mol. The second kappa shape index (κ2) is 5.89. The van der Waals surface area contributed by atoms with Crippen molar-refractivity contribution in [2.24, 2.45) is 0 Å². The summed E-state index contributed by atoms with van der Waals surface area (Å²) >= 11 is 0. The van der Waals surface area contributed by atoms with E-state index in [1.165, 1.54) is 5.56 Å². The molecule has 0 saturated heterocycles. The predicted octanol–water partition coefficient (Wildman–Crippen LogP) is 3.90. The van der Waals surface area contributed by atoms with Crippen LogP contribution in [0.4, 0.5) is 0 Å². The quantitative estimate of drug-likeness (QED) is 0.899. The predicted molar refractivity (Wildman–Crippen MR) is 77.6 cm³/mol. The van der Waals surface area contributed by atoms with E-state index in [-0.39, 0.29) is 0 Å². The Labute approximate surface area is 114 Å². The minimum absolute atomic E-state index is 0.503. The molecular formula is C17H20O2. The van der Waals surface area contributed by atoms with Gasteiger partial charge in [-0.25, -0.2) is 0 Å². The summed E-state index contributed by atoms with van der Waals surface area (Å²) in [6.07, 6.45) is -0.615. The summed E-state index contributed by atoms with van der Waals surface area (Å²) in [5, 5.41) is 10.4. The highest BCUT2D eigenvalue weighted by Gasteiger charge is 2.11. The van der Waals surface area contributed by atoms with Gasteiger partial charge in [-0.1, -0.05) is 50.2 Å². The Balaban J connectivity index is 2.25. The molecule has 2 rings (SSSR count). The lowest BCUT2D eigenvalue weighted by molar-refractivity contribution is 0.219. The Kier molecular flexibility index (Phi) is 4.23. The minimum Gasteiger partial charge on any atom is -0.497 e. The van der Waals surface area contributed by atoms with Crippen LogP contribution in [0.2, 0.25) is 0 Å². The van der Waals surface area contributed by atoms with Crippen molar-refractivity contribution in [1.29, 1.82) is 0 Å². The normalized spacial score (nSPS) is 12.5. The molecule has 0 aliphatic rings. The molecule has 2 nitrogen and oxygen atoms in total. The zero-order valence-electron chi connectivity index (χ0n) is 11.6. The molecule has 0 aliphatic carbocycles. The average Bonchev–Trinajstić information content (AvgIpc) is 2.46. The van der Waals surface area contributed by atoms with Crippen LogP contribution in [-0.2, 0) is 0 Å². The Morgan fingerprint density at radius 2 is 1.53 bits per heavy atom. The van der Waals surface area contributed by atoms with Gasteiger partial charge in [0.25, 0.3) is 0 Å². The van der Waals surface area contributed by atoms with Gasteiger partial charge in [-0.15, -0.1) is 0 Å². The lowest BCUT2D eigenvalue weighted by Gasteiger charge is -2.14. The molecule has 2 aromatic rings. The number of methoxy groups -OCH3 is 1. The van der Waals surface area contributed by atoms with E-state index in [4.69, 9.17) is 4.74 Å². The molecule has 0 radical (unpaired) electrons. The summed E-state index contributed by atoms with van der Waals surface area (Å²) in [5.74, 6) is 1.26. The zero-order chi connectivity index (χ0) is 13.8. The van der Waals surface area contributed by atoms with E-state index in [1.807, 2.05) is 36.4 Å². The van der Waals surface area contributed by atoms with E-state index in [1.54, 1.807) is 7.11 Å². The van der Waals surface area contributed by atoms with Gasteiger partial charge in [0.2, 0.25) is 0 Å². The number of aliphatic hydroxyl groups excluding tert-OH is 1. The van der Waals surface area contributed by atoms with Crippen molar-refractivity contribution in [2.75, 3.05) is 7.11 Å². The van der Waals surface area contributed by atoms with Crippen molar-refractivity contribution < 1.29 is 9.84 Å². The van der Waals surface area contributed by atoms with E-state index in [9.17, 15) is 5.11 Å². The Morgan fingerprint density at radius 1 is 0.895 bits per heavy atom. The summed E-state index contributed by atoms with van der Waals surface area (Å²) < 4.78 is 5.18. The number of ether oxygens (including phenoxy) is 1. The van der Waals surface area contributed by atoms with Crippen LogP contribution in [0, 0.1) is 0 Å². The van der Waals surface area contributed by atoms with Crippen molar-refractivity contribution in [3.05, 3.63) is 65.2 Å². The van der Waals surface area contributed by atoms with Gasteiger partial charge < -0.3 is 9.84 Å². The van der Waals surface area contributed by atoms with Crippen LogP contribution in [0.15, 0.2) is 48.5 Å². The first-order valence-corrected chi connectivity index (χ1v) is 6.53.